The van der Waals surface area contributed by atoms with Gasteiger partial charge >= 0.3 is 0 Å². The zero-order chi connectivity index (χ0) is 19.4. The first-order chi connectivity index (χ1) is 13.0. The van der Waals surface area contributed by atoms with E-state index in [4.69, 9.17) is 0 Å². The van der Waals surface area contributed by atoms with E-state index in [1.807, 2.05) is 62.4 Å². The summed E-state index contributed by atoms with van der Waals surface area (Å²) >= 11 is 0. The normalized spacial score (nSPS) is 10.3. The van der Waals surface area contributed by atoms with Gasteiger partial charge in [-0.05, 0) is 55.8 Å². The van der Waals surface area contributed by atoms with Gasteiger partial charge < -0.3 is 10.2 Å². The van der Waals surface area contributed by atoms with Crippen LogP contribution >= 0.6 is 0 Å². The van der Waals surface area contributed by atoms with Crippen LogP contribution in [0.1, 0.15) is 31.8 Å². The van der Waals surface area contributed by atoms with Crippen LogP contribution in [-0.4, -0.2) is 18.9 Å². The van der Waals surface area contributed by atoms with Gasteiger partial charge in [0.05, 0.1) is 0 Å². The maximum absolute atomic E-state index is 12.9. The number of carbonyl (C=O) groups excluding carboxylic acids is 2. The van der Waals surface area contributed by atoms with E-state index in [0.717, 1.165) is 16.8 Å². The maximum Gasteiger partial charge on any atom is 0.258 e. The quantitative estimate of drug-likeness (QED) is 0.726. The molecule has 0 bridgehead atoms. The monoisotopic (exact) mass is 358 g/mol. The second kappa shape index (κ2) is 7.87. The van der Waals surface area contributed by atoms with Crippen LogP contribution in [0.4, 0.5) is 11.4 Å². The molecule has 0 atom stereocenters. The number of hydrogen-bond acceptors (Lipinski definition) is 2. The summed E-state index contributed by atoms with van der Waals surface area (Å²) in [6.45, 7) is 3.91. The molecule has 3 aromatic rings. The fourth-order valence-corrected chi connectivity index (χ4v) is 2.75. The summed E-state index contributed by atoms with van der Waals surface area (Å²) in [4.78, 5) is 26.9. The number of aryl methyl sites for hydroxylation is 2. The minimum Gasteiger partial charge on any atom is -0.322 e. The number of benzene rings is 3. The Morgan fingerprint density at radius 3 is 2.15 bits per heavy atom. The molecule has 27 heavy (non-hydrogen) atoms. The third-order valence-corrected chi connectivity index (χ3v) is 4.49. The summed E-state index contributed by atoms with van der Waals surface area (Å²) in [6, 6.07) is 22.1. The first-order valence-electron chi connectivity index (χ1n) is 8.77. The van der Waals surface area contributed by atoms with Crippen LogP contribution in [0.2, 0.25) is 0 Å². The van der Waals surface area contributed by atoms with Crippen molar-refractivity contribution in [2.24, 2.45) is 0 Å². The Kier molecular flexibility index (Phi) is 5.36. The number of anilines is 2. The highest BCUT2D eigenvalue weighted by atomic mass is 16.2. The van der Waals surface area contributed by atoms with Crippen molar-refractivity contribution in [1.29, 1.82) is 0 Å². The van der Waals surface area contributed by atoms with Gasteiger partial charge in [-0.1, -0.05) is 42.0 Å². The smallest absolute Gasteiger partial charge is 0.258 e. The highest BCUT2D eigenvalue weighted by molar-refractivity contribution is 6.08. The first kappa shape index (κ1) is 18.4. The van der Waals surface area contributed by atoms with Crippen LogP contribution in [0.25, 0.3) is 0 Å². The van der Waals surface area contributed by atoms with Crippen LogP contribution < -0.4 is 10.2 Å². The van der Waals surface area contributed by atoms with Crippen LogP contribution in [0.15, 0.2) is 72.8 Å². The SMILES string of the molecule is Cc1ccc(N(C)C(=O)c2ccc(C)c(NC(=O)c3ccccc3)c2)cc1. The van der Waals surface area contributed by atoms with Gasteiger partial charge in [0.2, 0.25) is 0 Å². The van der Waals surface area contributed by atoms with Crippen LogP contribution in [0, 0.1) is 13.8 Å². The third kappa shape index (κ3) is 4.23. The van der Waals surface area contributed by atoms with E-state index in [1.165, 1.54) is 0 Å². The standard InChI is InChI=1S/C23H22N2O2/c1-16-9-13-20(14-10-16)25(3)23(27)19-12-11-17(2)21(15-19)24-22(26)18-7-5-4-6-8-18/h4-15H,1-3H3,(H,24,26). The molecule has 0 aromatic heterocycles. The molecule has 0 radical (unpaired) electrons. The van der Waals surface area contributed by atoms with Crippen LogP contribution in [0.3, 0.4) is 0 Å². The zero-order valence-corrected chi connectivity index (χ0v) is 15.7. The highest BCUT2D eigenvalue weighted by Crippen LogP contribution is 2.21. The lowest BCUT2D eigenvalue weighted by atomic mass is 10.1. The molecule has 0 fully saturated rings. The summed E-state index contributed by atoms with van der Waals surface area (Å²) in [5.41, 5.74) is 4.58. The summed E-state index contributed by atoms with van der Waals surface area (Å²) in [5.74, 6) is -0.329. The Morgan fingerprint density at radius 2 is 1.48 bits per heavy atom. The van der Waals surface area contributed by atoms with E-state index in [0.29, 0.717) is 16.8 Å². The zero-order valence-electron chi connectivity index (χ0n) is 15.7. The largest absolute Gasteiger partial charge is 0.322 e. The van der Waals surface area contributed by atoms with E-state index >= 15 is 0 Å². The first-order valence-corrected chi connectivity index (χ1v) is 8.77. The lowest BCUT2D eigenvalue weighted by Gasteiger charge is -2.18. The van der Waals surface area contributed by atoms with Gasteiger partial charge in [-0.3, -0.25) is 9.59 Å². The molecule has 1 N–H and O–H groups in total. The maximum atomic E-state index is 12.9. The lowest BCUT2D eigenvalue weighted by molar-refractivity contribution is 0.0990. The van der Waals surface area contributed by atoms with Crippen molar-refractivity contribution in [2.45, 2.75) is 13.8 Å². The molecule has 3 aromatic carbocycles. The van der Waals surface area contributed by atoms with E-state index in [9.17, 15) is 9.59 Å². The van der Waals surface area contributed by atoms with Crippen molar-refractivity contribution < 1.29 is 9.59 Å². The second-order valence-electron chi connectivity index (χ2n) is 6.55. The molecule has 0 spiro atoms. The van der Waals surface area contributed by atoms with E-state index < -0.39 is 0 Å². The van der Waals surface area contributed by atoms with Gasteiger partial charge in [-0.2, -0.15) is 0 Å². The van der Waals surface area contributed by atoms with Gasteiger partial charge in [0.25, 0.3) is 11.8 Å². The van der Waals surface area contributed by atoms with Crippen LogP contribution in [0.5, 0.6) is 0 Å². The van der Waals surface area contributed by atoms with E-state index in [2.05, 4.69) is 5.32 Å². The fourth-order valence-electron chi connectivity index (χ4n) is 2.75. The van der Waals surface area contributed by atoms with Crippen molar-refractivity contribution >= 4 is 23.2 Å². The summed E-state index contributed by atoms with van der Waals surface area (Å²) < 4.78 is 0. The topological polar surface area (TPSA) is 49.4 Å². The number of carbonyl (C=O) groups is 2. The number of hydrogen-bond donors (Lipinski definition) is 1. The van der Waals surface area contributed by atoms with Crippen molar-refractivity contribution in [3.8, 4) is 0 Å². The van der Waals surface area contributed by atoms with Gasteiger partial charge in [-0.25, -0.2) is 0 Å². The number of rotatable bonds is 4. The average Bonchev–Trinajstić information content (AvgIpc) is 2.69. The second-order valence-corrected chi connectivity index (χ2v) is 6.55. The molecular weight excluding hydrogens is 336 g/mol. The molecule has 0 aliphatic carbocycles. The molecule has 136 valence electrons. The Labute approximate surface area is 159 Å². The molecule has 0 aliphatic rings. The highest BCUT2D eigenvalue weighted by Gasteiger charge is 2.16. The number of nitrogens with one attached hydrogen (secondary N) is 1. The third-order valence-electron chi connectivity index (χ3n) is 4.49. The van der Waals surface area contributed by atoms with E-state index in [-0.39, 0.29) is 11.8 Å². The van der Waals surface area contributed by atoms with Crippen molar-refractivity contribution in [3.05, 3.63) is 95.1 Å². The van der Waals surface area contributed by atoms with Crippen molar-refractivity contribution in [2.75, 3.05) is 17.3 Å². The molecule has 3 rings (SSSR count). The molecule has 4 nitrogen and oxygen atoms in total. The van der Waals surface area contributed by atoms with Gasteiger partial charge in [0.1, 0.15) is 0 Å². The molecule has 0 unspecified atom stereocenters. The summed E-state index contributed by atoms with van der Waals surface area (Å²) in [5, 5.41) is 2.90. The molecule has 0 aliphatic heterocycles. The lowest BCUT2D eigenvalue weighted by Crippen LogP contribution is -2.26. The van der Waals surface area contributed by atoms with E-state index in [1.54, 1.807) is 36.2 Å². The molecule has 0 saturated carbocycles. The Morgan fingerprint density at radius 1 is 0.815 bits per heavy atom. The summed E-state index contributed by atoms with van der Waals surface area (Å²) in [6.07, 6.45) is 0. The molecule has 0 heterocycles. The van der Waals surface area contributed by atoms with Crippen molar-refractivity contribution in [3.63, 3.8) is 0 Å². The fraction of sp³-hybridized carbons (Fsp3) is 0.130. The Bertz CT molecular complexity index is 963. The predicted molar refractivity (Wildman–Crippen MR) is 109 cm³/mol. The predicted octanol–water partition coefficient (Wildman–Crippen LogP) is 4.83. The number of amides is 2. The molecule has 2 amide bonds. The average molecular weight is 358 g/mol. The van der Waals surface area contributed by atoms with Gasteiger partial charge in [0, 0.05) is 29.5 Å². The molecular formula is C23H22N2O2. The summed E-state index contributed by atoms with van der Waals surface area (Å²) in [7, 11) is 1.75. The minimum atomic E-state index is -0.199. The molecule has 0 saturated heterocycles. The van der Waals surface area contributed by atoms with Gasteiger partial charge in [0.15, 0.2) is 0 Å². The molecule has 4 heteroatoms. The van der Waals surface area contributed by atoms with Gasteiger partial charge in [-0.15, -0.1) is 0 Å². The number of nitrogens with zero attached hydrogens (tertiary/aromatic N) is 1. The van der Waals surface area contributed by atoms with Crippen molar-refractivity contribution in [1.82, 2.24) is 0 Å². The minimum absolute atomic E-state index is 0.130. The Hall–Kier alpha value is -3.40. The Balaban J connectivity index is 1.83. The van der Waals surface area contributed by atoms with Crippen LogP contribution in [-0.2, 0) is 0 Å².